The molecule has 6 heteroatoms. The van der Waals surface area contributed by atoms with Gasteiger partial charge in [-0.25, -0.2) is 0 Å². The molecule has 2 unspecified atom stereocenters. The van der Waals surface area contributed by atoms with Gasteiger partial charge in [-0.2, -0.15) is 11.8 Å². The topological polar surface area (TPSA) is 75.3 Å². The third-order valence-corrected chi connectivity index (χ3v) is 3.60. The van der Waals surface area contributed by atoms with Crippen LogP contribution in [-0.2, 0) is 14.4 Å². The number of thioether (sulfide) groups is 1. The number of ketones is 1. The molecule has 0 radical (unpaired) electrons. The minimum Gasteiger partial charge on any atom is -0.347 e. The van der Waals surface area contributed by atoms with Crippen molar-refractivity contribution in [2.45, 2.75) is 66.0 Å². The van der Waals surface area contributed by atoms with Crippen molar-refractivity contribution in [3.05, 3.63) is 0 Å². The number of hydrogen-bond acceptors (Lipinski definition) is 4. The van der Waals surface area contributed by atoms with Crippen molar-refractivity contribution in [1.82, 2.24) is 10.6 Å². The summed E-state index contributed by atoms with van der Waals surface area (Å²) in [5.74, 6) is 0.843. The number of Topliss-reactive ketones (excluding diaryl/α,β-unsaturated/α-hetero) is 1. The first-order valence-corrected chi connectivity index (χ1v) is 9.37. The van der Waals surface area contributed by atoms with Gasteiger partial charge in [-0.05, 0) is 30.8 Å². The summed E-state index contributed by atoms with van der Waals surface area (Å²) in [4.78, 5) is 34.6. The van der Waals surface area contributed by atoms with Crippen LogP contribution in [0, 0.1) is 5.92 Å². The van der Waals surface area contributed by atoms with E-state index in [1.54, 1.807) is 18.7 Å². The molecule has 130 valence electrons. The number of rotatable bonds is 11. The molecule has 0 spiro atoms. The molecule has 0 aliphatic heterocycles. The van der Waals surface area contributed by atoms with Gasteiger partial charge in [0.25, 0.3) is 0 Å². The van der Waals surface area contributed by atoms with Crippen LogP contribution in [0.3, 0.4) is 0 Å². The zero-order valence-electron chi connectivity index (χ0n) is 14.8. The van der Waals surface area contributed by atoms with Gasteiger partial charge < -0.3 is 10.6 Å². The van der Waals surface area contributed by atoms with Gasteiger partial charge in [0.15, 0.2) is 5.78 Å². The molecule has 0 aromatic rings. The van der Waals surface area contributed by atoms with Crippen molar-refractivity contribution in [3.63, 3.8) is 0 Å². The lowest BCUT2D eigenvalue weighted by Crippen LogP contribution is -2.50. The van der Waals surface area contributed by atoms with Crippen LogP contribution in [0.2, 0.25) is 0 Å². The van der Waals surface area contributed by atoms with Crippen molar-refractivity contribution in [1.29, 1.82) is 0 Å². The smallest absolute Gasteiger partial charge is 0.243 e. The maximum absolute atomic E-state index is 12.2. The molecule has 0 aliphatic rings. The SMILES string of the molecule is CC.CCC(=O)C(CC(C)C)NC(=O)C(CCSC)NC=O. The molecule has 2 atom stereocenters. The molecular formula is C16H32N2O3S. The number of amides is 2. The highest BCUT2D eigenvalue weighted by molar-refractivity contribution is 7.98. The third kappa shape index (κ3) is 10.7. The van der Waals surface area contributed by atoms with Crippen molar-refractivity contribution < 1.29 is 14.4 Å². The van der Waals surface area contributed by atoms with Gasteiger partial charge in [-0.3, -0.25) is 14.4 Å². The molecule has 0 heterocycles. The second-order valence-corrected chi connectivity index (χ2v) is 6.11. The lowest BCUT2D eigenvalue weighted by atomic mass is 9.98. The average molecular weight is 333 g/mol. The van der Waals surface area contributed by atoms with Crippen LogP contribution in [0.5, 0.6) is 0 Å². The monoisotopic (exact) mass is 332 g/mol. The van der Waals surface area contributed by atoms with E-state index in [4.69, 9.17) is 0 Å². The first-order chi connectivity index (χ1) is 10.5. The quantitative estimate of drug-likeness (QED) is 0.570. The molecule has 0 fully saturated rings. The van der Waals surface area contributed by atoms with Crippen molar-refractivity contribution in [3.8, 4) is 0 Å². The van der Waals surface area contributed by atoms with Crippen LogP contribution >= 0.6 is 11.8 Å². The van der Waals surface area contributed by atoms with Gasteiger partial charge in [0.05, 0.1) is 6.04 Å². The first-order valence-electron chi connectivity index (χ1n) is 7.97. The van der Waals surface area contributed by atoms with Gasteiger partial charge in [-0.1, -0.05) is 34.6 Å². The van der Waals surface area contributed by atoms with Crippen molar-refractivity contribution in [2.75, 3.05) is 12.0 Å². The van der Waals surface area contributed by atoms with Gasteiger partial charge in [-0.15, -0.1) is 0 Å². The zero-order valence-corrected chi connectivity index (χ0v) is 15.6. The maximum Gasteiger partial charge on any atom is 0.243 e. The highest BCUT2D eigenvalue weighted by Crippen LogP contribution is 2.08. The highest BCUT2D eigenvalue weighted by Gasteiger charge is 2.24. The highest BCUT2D eigenvalue weighted by atomic mass is 32.2. The Kier molecular flexibility index (Phi) is 15.7. The fourth-order valence-corrected chi connectivity index (χ4v) is 2.34. The number of hydrogen-bond donors (Lipinski definition) is 2. The van der Waals surface area contributed by atoms with Gasteiger partial charge in [0.2, 0.25) is 12.3 Å². The molecular weight excluding hydrogens is 300 g/mol. The summed E-state index contributed by atoms with van der Waals surface area (Å²) < 4.78 is 0. The van der Waals surface area contributed by atoms with E-state index < -0.39 is 12.1 Å². The fraction of sp³-hybridized carbons (Fsp3) is 0.812. The number of nitrogens with one attached hydrogen (secondary N) is 2. The Bertz CT molecular complexity index is 323. The summed E-state index contributed by atoms with van der Waals surface area (Å²) in [6.07, 6.45) is 4.05. The molecule has 2 N–H and O–H groups in total. The maximum atomic E-state index is 12.2. The summed E-state index contributed by atoms with van der Waals surface area (Å²) in [6, 6.07) is -1.03. The Morgan fingerprint density at radius 1 is 1.18 bits per heavy atom. The second kappa shape index (κ2) is 14.9. The number of carbonyl (C=O) groups excluding carboxylic acids is 3. The summed E-state index contributed by atoms with van der Waals surface area (Å²) in [7, 11) is 0. The van der Waals surface area contributed by atoms with Crippen LogP contribution in [-0.4, -0.2) is 42.2 Å². The van der Waals surface area contributed by atoms with Crippen LogP contribution in [0.25, 0.3) is 0 Å². The van der Waals surface area contributed by atoms with Gasteiger partial charge >= 0.3 is 0 Å². The Labute approximate surface area is 139 Å². The molecule has 0 aromatic heterocycles. The van der Waals surface area contributed by atoms with E-state index in [1.807, 2.05) is 34.0 Å². The van der Waals surface area contributed by atoms with E-state index >= 15 is 0 Å². The zero-order chi connectivity index (χ0) is 17.5. The largest absolute Gasteiger partial charge is 0.347 e. The molecule has 5 nitrogen and oxygen atoms in total. The van der Waals surface area contributed by atoms with Gasteiger partial charge in [0.1, 0.15) is 6.04 Å². The minimum absolute atomic E-state index is 0.0294. The standard InChI is InChI=1S/C14H26N2O3S.C2H6/c1-5-13(18)12(8-10(2)3)16-14(19)11(15-9-17)6-7-20-4;1-2/h9-12H,5-8H2,1-4H3,(H,15,17)(H,16,19);1-2H3. The van der Waals surface area contributed by atoms with E-state index in [0.29, 0.717) is 31.6 Å². The molecule has 0 aromatic carbocycles. The number of carbonyl (C=O) groups is 3. The van der Waals surface area contributed by atoms with Crippen LogP contribution in [0.4, 0.5) is 0 Å². The fourth-order valence-electron chi connectivity index (χ4n) is 1.87. The Hall–Kier alpha value is -1.04. The molecule has 0 bridgehead atoms. The molecule has 0 saturated carbocycles. The lowest BCUT2D eigenvalue weighted by Gasteiger charge is -2.22. The lowest BCUT2D eigenvalue weighted by molar-refractivity contribution is -0.130. The molecule has 0 rings (SSSR count). The normalized spacial score (nSPS) is 12.7. The summed E-state index contributed by atoms with van der Waals surface area (Å²) in [5.41, 5.74) is 0. The van der Waals surface area contributed by atoms with E-state index in [9.17, 15) is 14.4 Å². The van der Waals surface area contributed by atoms with E-state index in [-0.39, 0.29) is 11.7 Å². The Morgan fingerprint density at radius 2 is 1.77 bits per heavy atom. The third-order valence-electron chi connectivity index (χ3n) is 2.96. The molecule has 0 saturated heterocycles. The van der Waals surface area contributed by atoms with E-state index in [1.165, 1.54) is 0 Å². The molecule has 2 amide bonds. The van der Waals surface area contributed by atoms with Crippen molar-refractivity contribution >= 4 is 29.9 Å². The minimum atomic E-state index is -0.570. The van der Waals surface area contributed by atoms with Crippen LogP contribution < -0.4 is 10.6 Å². The second-order valence-electron chi connectivity index (χ2n) is 5.13. The molecule has 22 heavy (non-hydrogen) atoms. The summed E-state index contributed by atoms with van der Waals surface area (Å²) in [6.45, 7) is 9.81. The van der Waals surface area contributed by atoms with E-state index in [0.717, 1.165) is 5.75 Å². The predicted octanol–water partition coefficient (Wildman–Crippen LogP) is 2.39. The summed E-state index contributed by atoms with van der Waals surface area (Å²) in [5, 5.41) is 5.29. The van der Waals surface area contributed by atoms with E-state index in [2.05, 4.69) is 10.6 Å². The average Bonchev–Trinajstić information content (AvgIpc) is 2.51. The first kappa shape index (κ1) is 23.2. The Morgan fingerprint density at radius 3 is 2.18 bits per heavy atom. The molecule has 0 aliphatic carbocycles. The Balaban J connectivity index is 0. The van der Waals surface area contributed by atoms with Crippen LogP contribution in [0.1, 0.15) is 53.9 Å². The van der Waals surface area contributed by atoms with Gasteiger partial charge in [0, 0.05) is 6.42 Å². The van der Waals surface area contributed by atoms with Crippen LogP contribution in [0.15, 0.2) is 0 Å². The predicted molar refractivity (Wildman–Crippen MR) is 94.0 cm³/mol. The van der Waals surface area contributed by atoms with Crippen molar-refractivity contribution in [2.24, 2.45) is 5.92 Å². The summed E-state index contributed by atoms with van der Waals surface area (Å²) >= 11 is 1.61.